The number of carbonyl (C=O) groups is 2. The average molecular weight is 230 g/mol. The van der Waals surface area contributed by atoms with Crippen molar-refractivity contribution < 1.29 is 19.4 Å². The van der Waals surface area contributed by atoms with Crippen molar-refractivity contribution in [1.29, 1.82) is 5.26 Å². The molecule has 1 amide bonds. The first-order valence-corrected chi connectivity index (χ1v) is 4.75. The highest BCUT2D eigenvalue weighted by Gasteiger charge is 2.12. The van der Waals surface area contributed by atoms with Crippen molar-refractivity contribution in [1.82, 2.24) is 0 Å². The van der Waals surface area contributed by atoms with E-state index in [1.807, 2.05) is 0 Å². The van der Waals surface area contributed by atoms with E-state index in [-0.39, 0.29) is 0 Å². The van der Waals surface area contributed by atoms with Crippen LogP contribution < -0.4 is 5.73 Å². The average Bonchev–Trinajstić information content (AvgIpc) is 2.01. The molecule has 0 radical (unpaired) electrons. The number of hydrogen-bond donors (Lipinski definition) is 2. The highest BCUT2D eigenvalue weighted by atomic mass is 16.6. The van der Waals surface area contributed by atoms with Crippen molar-refractivity contribution in [3.63, 3.8) is 0 Å². The Labute approximate surface area is 95.0 Å². The summed E-state index contributed by atoms with van der Waals surface area (Å²) in [5, 5.41) is 16.2. The van der Waals surface area contributed by atoms with Crippen LogP contribution in [0.25, 0.3) is 0 Å². The third-order valence-electron chi connectivity index (χ3n) is 1.27. The van der Waals surface area contributed by atoms with Gasteiger partial charge in [-0.1, -0.05) is 6.92 Å². The molecular weight excluding hydrogens is 212 g/mol. The number of nitrogens with zero attached hydrogens (tertiary/aromatic N) is 1. The number of amides is 1. The Morgan fingerprint density at radius 2 is 1.94 bits per heavy atom. The molecule has 0 aliphatic rings. The van der Waals surface area contributed by atoms with E-state index in [0.717, 1.165) is 0 Å². The van der Waals surface area contributed by atoms with E-state index >= 15 is 0 Å². The molecule has 1 unspecified atom stereocenters. The first-order chi connectivity index (χ1) is 7.14. The maximum absolute atomic E-state index is 10.0. The van der Waals surface area contributed by atoms with E-state index in [1.54, 1.807) is 33.8 Å². The highest BCUT2D eigenvalue weighted by molar-refractivity contribution is 5.72. The second kappa shape index (κ2) is 7.51. The Morgan fingerprint density at radius 3 is 1.94 bits per heavy atom. The van der Waals surface area contributed by atoms with E-state index in [4.69, 9.17) is 16.1 Å². The quantitative estimate of drug-likeness (QED) is 0.746. The molecule has 0 fully saturated rings. The Balaban J connectivity index is 0. The molecule has 0 saturated heterocycles. The molecule has 0 aliphatic carbocycles. The number of nitriles is 1. The number of ether oxygens (including phenoxy) is 1. The van der Waals surface area contributed by atoms with Crippen LogP contribution in [-0.2, 0) is 9.53 Å². The topological polar surface area (TPSA) is 113 Å². The van der Waals surface area contributed by atoms with Gasteiger partial charge in [-0.2, -0.15) is 5.26 Å². The molecule has 0 aromatic carbocycles. The second-order valence-electron chi connectivity index (χ2n) is 3.96. The summed E-state index contributed by atoms with van der Waals surface area (Å²) >= 11 is 0. The summed E-state index contributed by atoms with van der Waals surface area (Å²) in [6.45, 7) is 6.95. The van der Waals surface area contributed by atoms with Crippen LogP contribution in [0.15, 0.2) is 0 Å². The van der Waals surface area contributed by atoms with E-state index in [0.29, 0.717) is 6.42 Å². The van der Waals surface area contributed by atoms with Gasteiger partial charge < -0.3 is 15.6 Å². The highest BCUT2D eigenvalue weighted by Crippen LogP contribution is 2.04. The molecule has 0 bridgehead atoms. The van der Waals surface area contributed by atoms with Crippen LogP contribution in [0.2, 0.25) is 0 Å². The Hall–Kier alpha value is -1.77. The molecule has 0 aromatic rings. The standard InChI is InChI=1S/C5H11NO2.C5H7NO2/c1-5(2,3)8-4(6)7;1-2-4(3-6)5(7)8/h1-3H3,(H2,6,7);4H,2H2,1H3,(H,7,8). The first-order valence-electron chi connectivity index (χ1n) is 4.75. The van der Waals surface area contributed by atoms with E-state index < -0.39 is 23.6 Å². The molecule has 0 heterocycles. The number of aliphatic carboxylic acids is 1. The Bertz CT molecular complexity index is 276. The van der Waals surface area contributed by atoms with Gasteiger partial charge in [0, 0.05) is 0 Å². The molecule has 16 heavy (non-hydrogen) atoms. The summed E-state index contributed by atoms with van der Waals surface area (Å²) in [7, 11) is 0. The van der Waals surface area contributed by atoms with Crippen molar-refractivity contribution in [3.8, 4) is 6.07 Å². The maximum atomic E-state index is 10.0. The Kier molecular flexibility index (Phi) is 7.82. The van der Waals surface area contributed by atoms with E-state index in [9.17, 15) is 9.59 Å². The van der Waals surface area contributed by atoms with Crippen LogP contribution in [0.5, 0.6) is 0 Å². The lowest BCUT2D eigenvalue weighted by atomic mass is 10.1. The van der Waals surface area contributed by atoms with Gasteiger partial charge in [-0.15, -0.1) is 0 Å². The van der Waals surface area contributed by atoms with E-state index in [1.165, 1.54) is 0 Å². The summed E-state index contributed by atoms with van der Waals surface area (Å²) in [6.07, 6.45) is -0.344. The number of carboxylic acids is 1. The third-order valence-corrected chi connectivity index (χ3v) is 1.27. The molecule has 6 nitrogen and oxygen atoms in total. The summed E-state index contributed by atoms with van der Waals surface area (Å²) in [4.78, 5) is 20.0. The zero-order chi connectivity index (χ0) is 13.4. The predicted octanol–water partition coefficient (Wildman–Crippen LogP) is 1.50. The van der Waals surface area contributed by atoms with Crippen LogP contribution in [0, 0.1) is 17.2 Å². The smallest absolute Gasteiger partial charge is 0.405 e. The van der Waals surface area contributed by atoms with Crippen molar-refractivity contribution in [2.45, 2.75) is 39.7 Å². The number of primary amides is 1. The molecule has 92 valence electrons. The number of hydrogen-bond acceptors (Lipinski definition) is 4. The summed E-state index contributed by atoms with van der Waals surface area (Å²) < 4.78 is 4.58. The molecule has 3 N–H and O–H groups in total. The van der Waals surface area contributed by atoms with E-state index in [2.05, 4.69) is 4.74 Å². The van der Waals surface area contributed by atoms with Crippen LogP contribution in [-0.4, -0.2) is 22.8 Å². The van der Waals surface area contributed by atoms with Gasteiger partial charge in [0.25, 0.3) is 0 Å². The minimum atomic E-state index is -1.03. The van der Waals surface area contributed by atoms with Crippen molar-refractivity contribution in [2.75, 3.05) is 0 Å². The fourth-order valence-electron chi connectivity index (χ4n) is 0.623. The van der Waals surface area contributed by atoms with Gasteiger partial charge in [0.1, 0.15) is 11.5 Å². The largest absolute Gasteiger partial charge is 0.480 e. The Morgan fingerprint density at radius 1 is 1.50 bits per heavy atom. The van der Waals surface area contributed by atoms with Gasteiger partial charge >= 0.3 is 12.1 Å². The maximum Gasteiger partial charge on any atom is 0.405 e. The second-order valence-corrected chi connectivity index (χ2v) is 3.96. The lowest BCUT2D eigenvalue weighted by Gasteiger charge is -2.16. The summed E-state index contributed by atoms with van der Waals surface area (Å²) in [5.74, 6) is -1.86. The van der Waals surface area contributed by atoms with Crippen LogP contribution in [0.3, 0.4) is 0 Å². The molecular formula is C10H18N2O4. The molecule has 0 spiro atoms. The van der Waals surface area contributed by atoms with Gasteiger partial charge in [0.2, 0.25) is 0 Å². The molecule has 0 aromatic heterocycles. The first kappa shape index (κ1) is 16.7. The van der Waals surface area contributed by atoms with Gasteiger partial charge in [0.15, 0.2) is 0 Å². The minimum absolute atomic E-state index is 0.381. The van der Waals surface area contributed by atoms with Crippen molar-refractivity contribution in [2.24, 2.45) is 11.7 Å². The summed E-state index contributed by atoms with van der Waals surface area (Å²) in [5.41, 5.74) is 4.26. The molecule has 0 aliphatic heterocycles. The number of carboxylic acid groups (broad SMARTS) is 1. The van der Waals surface area contributed by atoms with Gasteiger partial charge in [-0.3, -0.25) is 4.79 Å². The molecule has 6 heteroatoms. The fourth-order valence-corrected chi connectivity index (χ4v) is 0.623. The number of carbonyl (C=O) groups excluding carboxylic acids is 1. The van der Waals surface area contributed by atoms with Crippen LogP contribution >= 0.6 is 0 Å². The zero-order valence-corrected chi connectivity index (χ0v) is 9.98. The van der Waals surface area contributed by atoms with Gasteiger partial charge in [-0.25, -0.2) is 4.79 Å². The summed E-state index contributed by atoms with van der Waals surface area (Å²) in [6, 6.07) is 1.65. The minimum Gasteiger partial charge on any atom is -0.480 e. The lowest BCUT2D eigenvalue weighted by Crippen LogP contribution is -2.27. The van der Waals surface area contributed by atoms with Gasteiger partial charge in [-0.05, 0) is 27.2 Å². The number of nitrogens with two attached hydrogens (primary N) is 1. The van der Waals surface area contributed by atoms with Gasteiger partial charge in [0.05, 0.1) is 6.07 Å². The van der Waals surface area contributed by atoms with Crippen molar-refractivity contribution >= 4 is 12.1 Å². The SMILES string of the molecule is CC(C)(C)OC(N)=O.CCC(C#N)C(=O)O. The van der Waals surface area contributed by atoms with Crippen molar-refractivity contribution in [3.05, 3.63) is 0 Å². The molecule has 0 rings (SSSR count). The normalized spacial score (nSPS) is 11.4. The lowest BCUT2D eigenvalue weighted by molar-refractivity contribution is -0.139. The third kappa shape index (κ3) is 12.2. The monoisotopic (exact) mass is 230 g/mol. The molecule has 1 atom stereocenters. The number of rotatable bonds is 2. The predicted molar refractivity (Wildman–Crippen MR) is 57.5 cm³/mol. The zero-order valence-electron chi connectivity index (χ0n) is 9.98. The van der Waals surface area contributed by atoms with Crippen LogP contribution in [0.4, 0.5) is 4.79 Å². The van der Waals surface area contributed by atoms with Crippen LogP contribution in [0.1, 0.15) is 34.1 Å². The molecule has 0 saturated carbocycles. The fraction of sp³-hybridized carbons (Fsp3) is 0.700.